The van der Waals surface area contributed by atoms with Crippen LogP contribution in [-0.4, -0.2) is 63.2 Å². The van der Waals surface area contributed by atoms with Gasteiger partial charge in [-0.1, -0.05) is 0 Å². The van der Waals surface area contributed by atoms with Crippen molar-refractivity contribution >= 4 is 24.2 Å². The summed E-state index contributed by atoms with van der Waals surface area (Å²) in [6.45, 7) is 4.10. The third-order valence-electron chi connectivity index (χ3n) is 3.70. The first-order valence-corrected chi connectivity index (χ1v) is 7.59. The summed E-state index contributed by atoms with van der Waals surface area (Å²) in [5.74, 6) is 0.598. The van der Waals surface area contributed by atoms with Crippen molar-refractivity contribution in [3.63, 3.8) is 0 Å². The van der Waals surface area contributed by atoms with E-state index in [-0.39, 0.29) is 36.9 Å². The van der Waals surface area contributed by atoms with Crippen molar-refractivity contribution in [2.24, 2.45) is 0 Å². The number of methoxy groups -OCH3 is 1. The van der Waals surface area contributed by atoms with Crippen molar-refractivity contribution in [3.05, 3.63) is 23.8 Å². The molecule has 24 heavy (non-hydrogen) atoms. The van der Waals surface area contributed by atoms with Crippen molar-refractivity contribution in [1.29, 1.82) is 0 Å². The molecule has 7 nitrogen and oxygen atoms in total. The fourth-order valence-electron chi connectivity index (χ4n) is 2.43. The molecule has 134 valence electrons. The third kappa shape index (κ3) is 5.01. The van der Waals surface area contributed by atoms with Gasteiger partial charge in [-0.3, -0.25) is 9.59 Å². The van der Waals surface area contributed by atoms with Crippen molar-refractivity contribution in [2.75, 3.05) is 40.4 Å². The van der Waals surface area contributed by atoms with E-state index in [1.54, 1.807) is 25.2 Å². The molecule has 1 atom stereocenters. The van der Waals surface area contributed by atoms with Crippen LogP contribution in [0.25, 0.3) is 0 Å². The summed E-state index contributed by atoms with van der Waals surface area (Å²) in [6.07, 6.45) is 0. The Bertz CT molecular complexity index is 582. The number of rotatable bonds is 5. The van der Waals surface area contributed by atoms with Gasteiger partial charge in [0.05, 0.1) is 7.11 Å². The third-order valence-corrected chi connectivity index (χ3v) is 3.70. The van der Waals surface area contributed by atoms with E-state index in [0.717, 1.165) is 6.54 Å². The van der Waals surface area contributed by atoms with E-state index in [1.165, 1.54) is 7.11 Å². The Morgan fingerprint density at radius 2 is 2.12 bits per heavy atom. The number of nitrogens with one attached hydrogen (secondary N) is 2. The number of likely N-dealkylation sites (N-methyl/N-ethyl adjacent to an activating group) is 1. The summed E-state index contributed by atoms with van der Waals surface area (Å²) in [5.41, 5.74) is 0.545. The maximum atomic E-state index is 12.6. The van der Waals surface area contributed by atoms with E-state index in [4.69, 9.17) is 9.47 Å². The summed E-state index contributed by atoms with van der Waals surface area (Å²) >= 11 is 0. The smallest absolute Gasteiger partial charge is 0.257 e. The standard InChI is InChI=1S/C16H23N3O4.ClH/c1-11-9-19(7-6-18-11)16(21)12-4-5-13(14(8-12)22-3)23-10-15(20)17-2;/h4-5,8,11,18H,6-7,9-10H2,1-3H3,(H,17,20);1H. The Morgan fingerprint density at radius 1 is 1.38 bits per heavy atom. The monoisotopic (exact) mass is 357 g/mol. The lowest BCUT2D eigenvalue weighted by Crippen LogP contribution is -2.51. The van der Waals surface area contributed by atoms with E-state index < -0.39 is 0 Å². The number of amides is 2. The van der Waals surface area contributed by atoms with Crippen LogP contribution in [0.2, 0.25) is 0 Å². The van der Waals surface area contributed by atoms with E-state index in [9.17, 15) is 9.59 Å². The molecule has 2 amide bonds. The maximum absolute atomic E-state index is 12.6. The molecule has 0 bridgehead atoms. The number of hydrogen-bond donors (Lipinski definition) is 2. The molecule has 0 saturated carbocycles. The van der Waals surface area contributed by atoms with Crippen LogP contribution in [0, 0.1) is 0 Å². The van der Waals surface area contributed by atoms with Crippen molar-refractivity contribution < 1.29 is 19.1 Å². The van der Waals surface area contributed by atoms with Crippen molar-refractivity contribution in [2.45, 2.75) is 13.0 Å². The highest BCUT2D eigenvalue weighted by molar-refractivity contribution is 5.95. The Kier molecular flexibility index (Phi) is 7.81. The van der Waals surface area contributed by atoms with Gasteiger partial charge in [0.15, 0.2) is 18.1 Å². The topological polar surface area (TPSA) is 79.9 Å². The number of ether oxygens (including phenoxy) is 2. The molecule has 1 fully saturated rings. The molecule has 1 aliphatic rings. The Morgan fingerprint density at radius 3 is 2.75 bits per heavy atom. The van der Waals surface area contributed by atoms with Crippen LogP contribution >= 0.6 is 12.4 Å². The van der Waals surface area contributed by atoms with Crippen LogP contribution in [0.4, 0.5) is 0 Å². The van der Waals surface area contributed by atoms with Gasteiger partial charge in [0.1, 0.15) is 0 Å². The summed E-state index contributed by atoms with van der Waals surface area (Å²) in [4.78, 5) is 25.6. The molecule has 0 radical (unpaired) electrons. The number of halogens is 1. The summed E-state index contributed by atoms with van der Waals surface area (Å²) < 4.78 is 10.7. The molecular formula is C16H24ClN3O4. The molecule has 2 rings (SSSR count). The fraction of sp³-hybridized carbons (Fsp3) is 0.500. The van der Waals surface area contributed by atoms with Crippen molar-refractivity contribution in [3.8, 4) is 11.5 Å². The highest BCUT2D eigenvalue weighted by atomic mass is 35.5. The zero-order chi connectivity index (χ0) is 16.8. The first-order chi connectivity index (χ1) is 11.0. The van der Waals surface area contributed by atoms with Crippen LogP contribution in [0.15, 0.2) is 18.2 Å². The second kappa shape index (κ2) is 9.34. The first kappa shape index (κ1) is 20.1. The van der Waals surface area contributed by atoms with Gasteiger partial charge in [0.2, 0.25) is 0 Å². The van der Waals surface area contributed by atoms with Gasteiger partial charge in [-0.15, -0.1) is 12.4 Å². The molecule has 0 aromatic heterocycles. The number of hydrogen-bond acceptors (Lipinski definition) is 5. The fourth-order valence-corrected chi connectivity index (χ4v) is 2.43. The highest BCUT2D eigenvalue weighted by Crippen LogP contribution is 2.28. The molecule has 1 aliphatic heterocycles. The zero-order valence-corrected chi connectivity index (χ0v) is 14.9. The number of benzene rings is 1. The molecule has 1 aromatic carbocycles. The molecule has 1 aromatic rings. The lowest BCUT2D eigenvalue weighted by Gasteiger charge is -2.32. The molecule has 2 N–H and O–H groups in total. The van der Waals surface area contributed by atoms with Gasteiger partial charge < -0.3 is 25.0 Å². The van der Waals surface area contributed by atoms with E-state index in [2.05, 4.69) is 17.6 Å². The minimum absolute atomic E-state index is 0. The quantitative estimate of drug-likeness (QED) is 0.810. The predicted octanol–water partition coefficient (Wildman–Crippen LogP) is 0.676. The SMILES string of the molecule is CNC(=O)COc1ccc(C(=O)N2CCNC(C)C2)cc1OC.Cl. The van der Waals surface area contributed by atoms with Gasteiger partial charge >= 0.3 is 0 Å². The van der Waals surface area contributed by atoms with Gasteiger partial charge in [-0.25, -0.2) is 0 Å². The van der Waals surface area contributed by atoms with Crippen LogP contribution < -0.4 is 20.1 Å². The van der Waals surface area contributed by atoms with Crippen LogP contribution in [0.3, 0.4) is 0 Å². The number of carbonyl (C=O) groups excluding carboxylic acids is 2. The molecule has 8 heteroatoms. The van der Waals surface area contributed by atoms with Gasteiger partial charge in [0.25, 0.3) is 11.8 Å². The van der Waals surface area contributed by atoms with Gasteiger partial charge in [0, 0.05) is 38.3 Å². The Hall–Kier alpha value is -1.99. The molecular weight excluding hydrogens is 334 g/mol. The average molecular weight is 358 g/mol. The van der Waals surface area contributed by atoms with Crippen LogP contribution in [0.1, 0.15) is 17.3 Å². The van der Waals surface area contributed by atoms with Crippen molar-refractivity contribution in [1.82, 2.24) is 15.5 Å². The van der Waals surface area contributed by atoms with Gasteiger partial charge in [-0.2, -0.15) is 0 Å². The largest absolute Gasteiger partial charge is 0.493 e. The molecule has 1 heterocycles. The predicted molar refractivity (Wildman–Crippen MR) is 93.2 cm³/mol. The van der Waals surface area contributed by atoms with Gasteiger partial charge in [-0.05, 0) is 25.1 Å². The number of piperazine rings is 1. The lowest BCUT2D eigenvalue weighted by molar-refractivity contribution is -0.122. The number of carbonyl (C=O) groups is 2. The number of nitrogens with zero attached hydrogens (tertiary/aromatic N) is 1. The highest BCUT2D eigenvalue weighted by Gasteiger charge is 2.22. The average Bonchev–Trinajstić information content (AvgIpc) is 2.58. The zero-order valence-electron chi connectivity index (χ0n) is 14.1. The second-order valence-electron chi connectivity index (χ2n) is 5.43. The molecule has 1 saturated heterocycles. The Balaban J connectivity index is 0.00000288. The molecule has 0 aliphatic carbocycles. The normalized spacial score (nSPS) is 16.8. The first-order valence-electron chi connectivity index (χ1n) is 7.59. The van der Waals surface area contributed by atoms with E-state index in [1.807, 2.05) is 4.90 Å². The Labute approximate surface area is 148 Å². The minimum Gasteiger partial charge on any atom is -0.493 e. The van der Waals surface area contributed by atoms with Crippen LogP contribution in [0.5, 0.6) is 11.5 Å². The summed E-state index contributed by atoms with van der Waals surface area (Å²) in [5, 5.41) is 5.78. The molecule has 0 spiro atoms. The minimum atomic E-state index is -0.234. The van der Waals surface area contributed by atoms with Crippen LogP contribution in [-0.2, 0) is 4.79 Å². The van der Waals surface area contributed by atoms with E-state index >= 15 is 0 Å². The second-order valence-corrected chi connectivity index (χ2v) is 5.43. The van der Waals surface area contributed by atoms with E-state index in [0.29, 0.717) is 30.2 Å². The maximum Gasteiger partial charge on any atom is 0.257 e. The lowest BCUT2D eigenvalue weighted by atomic mass is 10.1. The summed E-state index contributed by atoms with van der Waals surface area (Å²) in [6, 6.07) is 5.27. The summed E-state index contributed by atoms with van der Waals surface area (Å²) in [7, 11) is 3.04. The molecule has 1 unspecified atom stereocenters.